The van der Waals surface area contributed by atoms with Gasteiger partial charge in [-0.25, -0.2) is 8.42 Å². The zero-order valence-corrected chi connectivity index (χ0v) is 18.8. The lowest BCUT2D eigenvalue weighted by molar-refractivity contribution is 0.104. The fourth-order valence-electron chi connectivity index (χ4n) is 2.91. The Morgan fingerprint density at radius 1 is 0.875 bits per heavy atom. The molecule has 0 aliphatic heterocycles. The van der Waals surface area contributed by atoms with E-state index >= 15 is 0 Å². The summed E-state index contributed by atoms with van der Waals surface area (Å²) in [5.74, 6) is 0.729. The van der Waals surface area contributed by atoms with Gasteiger partial charge in [-0.05, 0) is 49.4 Å². The number of hydrogen-bond acceptors (Lipinski definition) is 6. The van der Waals surface area contributed by atoms with Crippen molar-refractivity contribution >= 4 is 27.2 Å². The second kappa shape index (κ2) is 10.0. The highest BCUT2D eigenvalue weighted by atomic mass is 32.2. The second-order valence-electron chi connectivity index (χ2n) is 6.88. The summed E-state index contributed by atoms with van der Waals surface area (Å²) >= 11 is 0. The Morgan fingerprint density at radius 2 is 1.53 bits per heavy atom. The molecule has 0 heterocycles. The molecule has 0 saturated carbocycles. The zero-order chi connectivity index (χ0) is 23.1. The number of ether oxygens (including phenoxy) is 2. The van der Waals surface area contributed by atoms with Gasteiger partial charge in [-0.15, -0.1) is 0 Å². The third-order valence-corrected chi connectivity index (χ3v) is 6.03. The Labute approximate surface area is 187 Å². The van der Waals surface area contributed by atoms with Crippen molar-refractivity contribution in [2.75, 3.05) is 24.3 Å². The summed E-state index contributed by atoms with van der Waals surface area (Å²) < 4.78 is 38.4. The van der Waals surface area contributed by atoms with Gasteiger partial charge in [0.05, 0.1) is 30.5 Å². The topological polar surface area (TPSA) is 93.7 Å². The third-order valence-electron chi connectivity index (χ3n) is 4.64. The molecule has 0 aliphatic rings. The molecular formula is C24H24N2O5S. The maximum absolute atomic E-state index is 12.7. The van der Waals surface area contributed by atoms with E-state index in [0.29, 0.717) is 28.4 Å². The van der Waals surface area contributed by atoms with Crippen LogP contribution in [0.4, 0.5) is 11.4 Å². The largest absolute Gasteiger partial charge is 0.493 e. The van der Waals surface area contributed by atoms with Gasteiger partial charge in [0.15, 0.2) is 17.3 Å². The Bertz CT molecular complexity index is 1240. The van der Waals surface area contributed by atoms with Gasteiger partial charge in [0.25, 0.3) is 10.0 Å². The van der Waals surface area contributed by atoms with Crippen molar-refractivity contribution in [2.45, 2.75) is 11.8 Å². The van der Waals surface area contributed by atoms with Crippen LogP contribution in [0.15, 0.2) is 83.9 Å². The van der Waals surface area contributed by atoms with Gasteiger partial charge in [0, 0.05) is 17.8 Å². The number of methoxy groups -OCH3 is 2. The van der Waals surface area contributed by atoms with Gasteiger partial charge in [-0.2, -0.15) is 0 Å². The van der Waals surface area contributed by atoms with Crippen molar-refractivity contribution in [3.63, 3.8) is 0 Å². The van der Waals surface area contributed by atoms with E-state index < -0.39 is 10.0 Å². The molecule has 0 atom stereocenters. The van der Waals surface area contributed by atoms with E-state index in [0.717, 1.165) is 5.56 Å². The van der Waals surface area contributed by atoms with Crippen LogP contribution < -0.4 is 19.5 Å². The maximum Gasteiger partial charge on any atom is 0.261 e. The van der Waals surface area contributed by atoms with Gasteiger partial charge in [0.1, 0.15) is 0 Å². The number of carbonyl (C=O) groups is 1. The normalized spacial score (nSPS) is 11.2. The lowest BCUT2D eigenvalue weighted by atomic mass is 10.1. The van der Waals surface area contributed by atoms with Crippen molar-refractivity contribution in [1.82, 2.24) is 0 Å². The molecule has 32 heavy (non-hydrogen) atoms. The molecule has 0 bridgehead atoms. The minimum atomic E-state index is -3.76. The minimum Gasteiger partial charge on any atom is -0.493 e. The molecule has 166 valence electrons. The summed E-state index contributed by atoms with van der Waals surface area (Å²) in [4.78, 5) is 12.7. The molecule has 0 unspecified atom stereocenters. The number of carbonyl (C=O) groups excluding carboxylic acids is 1. The molecule has 0 radical (unpaired) electrons. The van der Waals surface area contributed by atoms with Crippen LogP contribution in [0.1, 0.15) is 15.9 Å². The number of ketones is 1. The van der Waals surface area contributed by atoms with Crippen LogP contribution in [0.5, 0.6) is 11.5 Å². The van der Waals surface area contributed by atoms with E-state index in [9.17, 15) is 13.2 Å². The number of rotatable bonds is 9. The lowest BCUT2D eigenvalue weighted by Crippen LogP contribution is -2.14. The first-order valence-electron chi connectivity index (χ1n) is 9.72. The minimum absolute atomic E-state index is 0.164. The standard InChI is InChI=1S/C24H24N2O5S/c1-17-8-11-19(12-9-17)32(28,29)26-21-7-5-4-6-20(21)25-15-14-22(27)18-10-13-23(30-2)24(16-18)31-3/h4-16,25-26H,1-3H3. The number of aryl methyl sites for hydroxylation is 1. The number of anilines is 2. The average molecular weight is 453 g/mol. The zero-order valence-electron chi connectivity index (χ0n) is 18.0. The predicted molar refractivity (Wildman–Crippen MR) is 125 cm³/mol. The van der Waals surface area contributed by atoms with Gasteiger partial charge in [0.2, 0.25) is 0 Å². The Kier molecular flexibility index (Phi) is 7.17. The lowest BCUT2D eigenvalue weighted by Gasteiger charge is -2.12. The van der Waals surface area contributed by atoms with Gasteiger partial charge >= 0.3 is 0 Å². The maximum atomic E-state index is 12.7. The number of hydrogen-bond donors (Lipinski definition) is 2. The first kappa shape index (κ1) is 22.9. The smallest absolute Gasteiger partial charge is 0.261 e. The van der Waals surface area contributed by atoms with Crippen LogP contribution >= 0.6 is 0 Å². The predicted octanol–water partition coefficient (Wildman–Crippen LogP) is 4.62. The average Bonchev–Trinajstić information content (AvgIpc) is 2.79. The number of allylic oxidation sites excluding steroid dienone is 1. The van der Waals surface area contributed by atoms with E-state index in [1.54, 1.807) is 66.7 Å². The Hall–Kier alpha value is -3.78. The molecule has 3 aromatic rings. The van der Waals surface area contributed by atoms with E-state index in [-0.39, 0.29) is 10.7 Å². The van der Waals surface area contributed by atoms with Crippen LogP contribution in [-0.2, 0) is 10.0 Å². The van der Waals surface area contributed by atoms with E-state index in [2.05, 4.69) is 10.0 Å². The second-order valence-corrected chi connectivity index (χ2v) is 8.56. The van der Waals surface area contributed by atoms with Gasteiger partial charge in [-0.1, -0.05) is 29.8 Å². The first-order chi connectivity index (χ1) is 15.3. The summed E-state index contributed by atoms with van der Waals surface area (Å²) in [6.45, 7) is 1.89. The monoisotopic (exact) mass is 452 g/mol. The molecule has 2 N–H and O–H groups in total. The summed E-state index contributed by atoms with van der Waals surface area (Å²) in [5.41, 5.74) is 2.25. The van der Waals surface area contributed by atoms with Crippen LogP contribution in [0.3, 0.4) is 0 Å². The molecule has 3 rings (SSSR count). The number of para-hydroxylation sites is 2. The van der Waals surface area contributed by atoms with E-state index in [1.165, 1.54) is 26.5 Å². The van der Waals surface area contributed by atoms with Crippen molar-refractivity contribution < 1.29 is 22.7 Å². The third kappa shape index (κ3) is 5.47. The van der Waals surface area contributed by atoms with E-state index in [4.69, 9.17) is 9.47 Å². The molecule has 0 aliphatic carbocycles. The highest BCUT2D eigenvalue weighted by Crippen LogP contribution is 2.28. The molecule has 8 heteroatoms. The molecule has 3 aromatic carbocycles. The number of benzene rings is 3. The van der Waals surface area contributed by atoms with Crippen molar-refractivity contribution in [2.24, 2.45) is 0 Å². The molecule has 0 spiro atoms. The van der Waals surface area contributed by atoms with Gasteiger partial charge in [-0.3, -0.25) is 9.52 Å². The van der Waals surface area contributed by atoms with E-state index in [1.807, 2.05) is 6.92 Å². The fraction of sp³-hybridized carbons (Fsp3) is 0.125. The highest BCUT2D eigenvalue weighted by Gasteiger charge is 2.15. The molecule has 0 fully saturated rings. The van der Waals surface area contributed by atoms with Crippen LogP contribution in [0, 0.1) is 6.92 Å². The molecular weight excluding hydrogens is 428 g/mol. The Balaban J connectivity index is 1.74. The van der Waals surface area contributed by atoms with Crippen LogP contribution in [0.2, 0.25) is 0 Å². The first-order valence-corrected chi connectivity index (χ1v) is 11.2. The molecule has 0 saturated heterocycles. The summed E-state index contributed by atoms with van der Waals surface area (Å²) in [5, 5.41) is 2.96. The quantitative estimate of drug-likeness (QED) is 0.363. The molecule has 0 amide bonds. The van der Waals surface area contributed by atoms with Crippen molar-refractivity contribution in [3.8, 4) is 11.5 Å². The number of sulfonamides is 1. The van der Waals surface area contributed by atoms with Crippen molar-refractivity contribution in [1.29, 1.82) is 0 Å². The van der Waals surface area contributed by atoms with Gasteiger partial charge < -0.3 is 14.8 Å². The van der Waals surface area contributed by atoms with Crippen molar-refractivity contribution in [3.05, 3.63) is 90.1 Å². The number of nitrogens with one attached hydrogen (secondary N) is 2. The highest BCUT2D eigenvalue weighted by molar-refractivity contribution is 7.92. The summed E-state index contributed by atoms with van der Waals surface area (Å²) in [6, 6.07) is 18.3. The molecule has 7 nitrogen and oxygen atoms in total. The SMILES string of the molecule is COc1ccc(C(=O)C=CNc2ccccc2NS(=O)(=O)c2ccc(C)cc2)cc1OC. The summed E-state index contributed by atoms with van der Waals surface area (Å²) in [6.07, 6.45) is 2.81. The van der Waals surface area contributed by atoms with Crippen LogP contribution in [-0.4, -0.2) is 28.4 Å². The summed E-state index contributed by atoms with van der Waals surface area (Å²) in [7, 11) is -0.738. The fourth-order valence-corrected chi connectivity index (χ4v) is 3.99. The molecule has 0 aromatic heterocycles. The van der Waals surface area contributed by atoms with Crippen LogP contribution in [0.25, 0.3) is 0 Å². The Morgan fingerprint density at radius 3 is 2.19 bits per heavy atom.